The first kappa shape index (κ1) is 10.1. The van der Waals surface area contributed by atoms with Crippen LogP contribution in [0.4, 0.5) is 17.1 Å². The van der Waals surface area contributed by atoms with Crippen LogP contribution >= 0.6 is 0 Å². The van der Waals surface area contributed by atoms with Gasteiger partial charge in [0.2, 0.25) is 0 Å². The van der Waals surface area contributed by atoms with Crippen LogP contribution in [0.3, 0.4) is 0 Å². The van der Waals surface area contributed by atoms with Crippen molar-refractivity contribution in [3.63, 3.8) is 0 Å². The number of fused-ring (bicyclic) bond motifs is 1. The van der Waals surface area contributed by atoms with Gasteiger partial charge in [0.15, 0.2) is 0 Å². The summed E-state index contributed by atoms with van der Waals surface area (Å²) < 4.78 is 0. The molecule has 0 bridgehead atoms. The van der Waals surface area contributed by atoms with Gasteiger partial charge in [-0.2, -0.15) is 0 Å². The largest absolute Gasteiger partial charge is 0.399 e. The Morgan fingerprint density at radius 2 is 1.67 bits per heavy atom. The molecule has 3 heteroatoms. The normalized spacial score (nSPS) is 15.3. The molecule has 1 aliphatic heterocycles. The summed E-state index contributed by atoms with van der Waals surface area (Å²) in [5.41, 5.74) is 9.29. The minimum Gasteiger partial charge on any atom is -0.399 e. The Morgan fingerprint density at radius 1 is 1.07 bits per heavy atom. The molecule has 1 aromatic rings. The molecule has 0 atom stereocenters. The summed E-state index contributed by atoms with van der Waals surface area (Å²) in [7, 11) is 0. The summed E-state index contributed by atoms with van der Waals surface area (Å²) in [6.07, 6.45) is 0. The molecule has 3 nitrogen and oxygen atoms in total. The summed E-state index contributed by atoms with van der Waals surface area (Å²) in [5, 5.41) is 0. The summed E-state index contributed by atoms with van der Waals surface area (Å²) in [6, 6.07) is 6.21. The average molecular weight is 205 g/mol. The van der Waals surface area contributed by atoms with E-state index >= 15 is 0 Å². The molecule has 0 fully saturated rings. The Kier molecular flexibility index (Phi) is 2.71. The third-order valence-electron chi connectivity index (χ3n) is 3.08. The van der Waals surface area contributed by atoms with Gasteiger partial charge in [-0.15, -0.1) is 0 Å². The van der Waals surface area contributed by atoms with Crippen molar-refractivity contribution in [3.8, 4) is 0 Å². The number of benzene rings is 1. The molecule has 2 rings (SSSR count). The molecule has 0 saturated carbocycles. The first-order chi connectivity index (χ1) is 7.26. The van der Waals surface area contributed by atoms with Crippen LogP contribution in [0.2, 0.25) is 0 Å². The van der Waals surface area contributed by atoms with Crippen molar-refractivity contribution in [1.82, 2.24) is 0 Å². The van der Waals surface area contributed by atoms with Gasteiger partial charge in [-0.25, -0.2) is 0 Å². The highest BCUT2D eigenvalue weighted by molar-refractivity contribution is 5.76. The molecular formula is C12H19N3. The van der Waals surface area contributed by atoms with Gasteiger partial charge in [0.05, 0.1) is 11.4 Å². The Balaban J connectivity index is 2.43. The van der Waals surface area contributed by atoms with Crippen LogP contribution in [0.5, 0.6) is 0 Å². The third kappa shape index (κ3) is 1.74. The van der Waals surface area contributed by atoms with E-state index in [1.54, 1.807) is 0 Å². The number of nitrogen functional groups attached to an aromatic ring is 1. The van der Waals surface area contributed by atoms with E-state index in [1.165, 1.54) is 11.4 Å². The zero-order valence-corrected chi connectivity index (χ0v) is 9.53. The van der Waals surface area contributed by atoms with Crippen molar-refractivity contribution in [2.75, 3.05) is 41.7 Å². The van der Waals surface area contributed by atoms with Gasteiger partial charge in [0, 0.05) is 31.9 Å². The van der Waals surface area contributed by atoms with Crippen LogP contribution in [0, 0.1) is 0 Å². The van der Waals surface area contributed by atoms with Gasteiger partial charge in [0.25, 0.3) is 0 Å². The zero-order chi connectivity index (χ0) is 10.8. The van der Waals surface area contributed by atoms with E-state index in [-0.39, 0.29) is 0 Å². The van der Waals surface area contributed by atoms with Gasteiger partial charge in [-0.3, -0.25) is 0 Å². The van der Waals surface area contributed by atoms with E-state index in [1.807, 2.05) is 6.07 Å². The quantitative estimate of drug-likeness (QED) is 0.749. The Labute approximate surface area is 91.5 Å². The Morgan fingerprint density at radius 3 is 2.27 bits per heavy atom. The summed E-state index contributed by atoms with van der Waals surface area (Å²) in [6.45, 7) is 8.71. The first-order valence-electron chi connectivity index (χ1n) is 5.65. The standard InChI is InChI=1S/C12H19N3/c1-3-14-7-8-15(4-2)12-9-10(13)5-6-11(12)14/h5-6,9H,3-4,7-8,13H2,1-2H3. The average Bonchev–Trinajstić information content (AvgIpc) is 2.27. The molecule has 0 spiro atoms. The second kappa shape index (κ2) is 4.01. The lowest BCUT2D eigenvalue weighted by atomic mass is 10.1. The minimum atomic E-state index is 0.852. The van der Waals surface area contributed by atoms with E-state index in [0.29, 0.717) is 0 Å². The smallest absolute Gasteiger partial charge is 0.0625 e. The lowest BCUT2D eigenvalue weighted by Gasteiger charge is -2.38. The number of nitrogens with two attached hydrogens (primary N) is 1. The maximum absolute atomic E-state index is 5.84. The van der Waals surface area contributed by atoms with Gasteiger partial charge >= 0.3 is 0 Å². The van der Waals surface area contributed by atoms with Gasteiger partial charge in [-0.05, 0) is 32.0 Å². The Bertz CT molecular complexity index is 349. The SMILES string of the molecule is CCN1CCN(CC)c2cc(N)ccc21. The number of rotatable bonds is 2. The number of anilines is 3. The number of hydrogen-bond donors (Lipinski definition) is 1. The van der Waals surface area contributed by atoms with Gasteiger partial charge in [0.1, 0.15) is 0 Å². The number of likely N-dealkylation sites (N-methyl/N-ethyl adjacent to an activating group) is 2. The van der Waals surface area contributed by atoms with Gasteiger partial charge in [-0.1, -0.05) is 0 Å². The fourth-order valence-corrected chi connectivity index (χ4v) is 2.20. The van der Waals surface area contributed by atoms with Crippen LogP contribution in [0.15, 0.2) is 18.2 Å². The molecule has 0 aliphatic carbocycles. The molecule has 1 aromatic carbocycles. The van der Waals surface area contributed by atoms with E-state index in [2.05, 4.69) is 35.8 Å². The summed E-state index contributed by atoms with van der Waals surface area (Å²) >= 11 is 0. The summed E-state index contributed by atoms with van der Waals surface area (Å²) in [5.74, 6) is 0. The molecular weight excluding hydrogens is 186 g/mol. The molecule has 0 unspecified atom stereocenters. The van der Waals surface area contributed by atoms with Crippen LogP contribution in [0.1, 0.15) is 13.8 Å². The maximum atomic E-state index is 5.84. The lowest BCUT2D eigenvalue weighted by Crippen LogP contribution is -2.40. The summed E-state index contributed by atoms with van der Waals surface area (Å²) in [4.78, 5) is 4.79. The molecule has 2 N–H and O–H groups in total. The lowest BCUT2D eigenvalue weighted by molar-refractivity contribution is 0.723. The van der Waals surface area contributed by atoms with Crippen molar-refractivity contribution in [1.29, 1.82) is 0 Å². The van der Waals surface area contributed by atoms with Crippen LogP contribution in [-0.2, 0) is 0 Å². The van der Waals surface area contributed by atoms with Crippen LogP contribution in [0.25, 0.3) is 0 Å². The van der Waals surface area contributed by atoms with Crippen molar-refractivity contribution >= 4 is 17.1 Å². The molecule has 82 valence electrons. The van der Waals surface area contributed by atoms with Crippen LogP contribution in [-0.4, -0.2) is 26.2 Å². The van der Waals surface area contributed by atoms with E-state index in [4.69, 9.17) is 5.73 Å². The molecule has 15 heavy (non-hydrogen) atoms. The number of hydrogen-bond acceptors (Lipinski definition) is 3. The second-order valence-corrected chi connectivity index (χ2v) is 3.91. The highest BCUT2D eigenvalue weighted by Gasteiger charge is 2.20. The van der Waals surface area contributed by atoms with E-state index in [0.717, 1.165) is 31.9 Å². The van der Waals surface area contributed by atoms with Crippen molar-refractivity contribution < 1.29 is 0 Å². The molecule has 1 heterocycles. The van der Waals surface area contributed by atoms with E-state index < -0.39 is 0 Å². The minimum absolute atomic E-state index is 0.852. The predicted molar refractivity (Wildman–Crippen MR) is 66.6 cm³/mol. The van der Waals surface area contributed by atoms with Gasteiger partial charge < -0.3 is 15.5 Å². The molecule has 0 saturated heterocycles. The molecule has 0 aromatic heterocycles. The number of nitrogens with zero attached hydrogens (tertiary/aromatic N) is 2. The molecule has 1 aliphatic rings. The first-order valence-corrected chi connectivity index (χ1v) is 5.65. The molecule has 0 amide bonds. The third-order valence-corrected chi connectivity index (χ3v) is 3.08. The molecule has 0 radical (unpaired) electrons. The topological polar surface area (TPSA) is 32.5 Å². The van der Waals surface area contributed by atoms with Crippen molar-refractivity contribution in [3.05, 3.63) is 18.2 Å². The van der Waals surface area contributed by atoms with E-state index in [9.17, 15) is 0 Å². The highest BCUT2D eigenvalue weighted by Crippen LogP contribution is 2.34. The predicted octanol–water partition coefficient (Wildman–Crippen LogP) is 1.93. The Hall–Kier alpha value is -1.38. The van der Waals surface area contributed by atoms with Crippen LogP contribution < -0.4 is 15.5 Å². The fourth-order valence-electron chi connectivity index (χ4n) is 2.20. The maximum Gasteiger partial charge on any atom is 0.0625 e. The monoisotopic (exact) mass is 205 g/mol. The van der Waals surface area contributed by atoms with Crippen molar-refractivity contribution in [2.45, 2.75) is 13.8 Å². The highest BCUT2D eigenvalue weighted by atomic mass is 15.3. The second-order valence-electron chi connectivity index (χ2n) is 3.91. The fraction of sp³-hybridized carbons (Fsp3) is 0.500. The van der Waals surface area contributed by atoms with Crippen molar-refractivity contribution in [2.24, 2.45) is 0 Å². The zero-order valence-electron chi connectivity index (χ0n) is 9.53.